The highest BCUT2D eigenvalue weighted by atomic mass is 16.5. The Balaban J connectivity index is 1.85. The normalized spacial score (nSPS) is 11.2. The molecule has 0 unspecified atom stereocenters. The first kappa shape index (κ1) is 14.2. The third kappa shape index (κ3) is 2.96. The Morgan fingerprint density at radius 1 is 1.09 bits per heavy atom. The standard InChI is InChI=1S/C18H17NO3/c1-3-21-16-10-8-13(12-17(16)20-2)9-11-18-19-14-6-4-5-7-15(14)22-18/h4-12H,3H2,1-2H3/b11-9+. The van der Waals surface area contributed by atoms with E-state index in [1.165, 1.54) is 0 Å². The van der Waals surface area contributed by atoms with Crippen LogP contribution in [0.2, 0.25) is 0 Å². The van der Waals surface area contributed by atoms with Crippen molar-refractivity contribution in [3.05, 3.63) is 53.9 Å². The minimum Gasteiger partial charge on any atom is -0.493 e. The quantitative estimate of drug-likeness (QED) is 0.699. The van der Waals surface area contributed by atoms with Crippen LogP contribution in [0.15, 0.2) is 46.9 Å². The Morgan fingerprint density at radius 2 is 1.95 bits per heavy atom. The van der Waals surface area contributed by atoms with Crippen molar-refractivity contribution in [2.24, 2.45) is 0 Å². The fourth-order valence-electron chi connectivity index (χ4n) is 2.19. The van der Waals surface area contributed by atoms with E-state index in [0.717, 1.165) is 22.4 Å². The average molecular weight is 295 g/mol. The number of rotatable bonds is 5. The van der Waals surface area contributed by atoms with Gasteiger partial charge in [-0.3, -0.25) is 0 Å². The lowest BCUT2D eigenvalue weighted by molar-refractivity contribution is 0.311. The van der Waals surface area contributed by atoms with Gasteiger partial charge < -0.3 is 13.9 Å². The van der Waals surface area contributed by atoms with Crippen LogP contribution in [-0.4, -0.2) is 18.7 Å². The summed E-state index contributed by atoms with van der Waals surface area (Å²) in [6.07, 6.45) is 3.78. The molecule has 0 aliphatic rings. The van der Waals surface area contributed by atoms with Crippen LogP contribution in [0.4, 0.5) is 0 Å². The second-order valence-electron chi connectivity index (χ2n) is 4.70. The van der Waals surface area contributed by atoms with E-state index in [2.05, 4.69) is 4.98 Å². The lowest BCUT2D eigenvalue weighted by Crippen LogP contribution is -1.95. The van der Waals surface area contributed by atoms with Gasteiger partial charge in [0.2, 0.25) is 5.89 Å². The Kier molecular flexibility index (Phi) is 4.10. The summed E-state index contributed by atoms with van der Waals surface area (Å²) in [6, 6.07) is 13.5. The summed E-state index contributed by atoms with van der Waals surface area (Å²) >= 11 is 0. The first-order chi connectivity index (χ1) is 10.8. The maximum absolute atomic E-state index is 5.65. The van der Waals surface area contributed by atoms with Gasteiger partial charge in [-0.25, -0.2) is 4.98 Å². The lowest BCUT2D eigenvalue weighted by Gasteiger charge is -2.09. The summed E-state index contributed by atoms with van der Waals surface area (Å²) in [6.45, 7) is 2.55. The molecule has 0 aliphatic heterocycles. The van der Waals surface area contributed by atoms with E-state index in [0.29, 0.717) is 18.2 Å². The Morgan fingerprint density at radius 3 is 2.73 bits per heavy atom. The van der Waals surface area contributed by atoms with E-state index in [1.807, 2.05) is 61.5 Å². The third-order valence-electron chi connectivity index (χ3n) is 3.22. The topological polar surface area (TPSA) is 44.5 Å². The fourth-order valence-corrected chi connectivity index (χ4v) is 2.19. The molecule has 0 bridgehead atoms. The summed E-state index contributed by atoms with van der Waals surface area (Å²) < 4.78 is 16.5. The molecule has 3 rings (SSSR count). The highest BCUT2D eigenvalue weighted by molar-refractivity contribution is 5.76. The van der Waals surface area contributed by atoms with Crippen molar-refractivity contribution in [1.29, 1.82) is 0 Å². The Hall–Kier alpha value is -2.75. The van der Waals surface area contributed by atoms with Gasteiger partial charge in [0.05, 0.1) is 13.7 Å². The van der Waals surface area contributed by atoms with Crippen LogP contribution in [0.1, 0.15) is 18.4 Å². The molecule has 0 saturated carbocycles. The summed E-state index contributed by atoms with van der Waals surface area (Å²) in [7, 11) is 1.63. The van der Waals surface area contributed by atoms with Crippen LogP contribution < -0.4 is 9.47 Å². The molecule has 112 valence electrons. The molecule has 4 nitrogen and oxygen atoms in total. The van der Waals surface area contributed by atoms with Gasteiger partial charge in [-0.2, -0.15) is 0 Å². The molecule has 0 amide bonds. The molecule has 22 heavy (non-hydrogen) atoms. The minimum atomic E-state index is 0.578. The highest BCUT2D eigenvalue weighted by Crippen LogP contribution is 2.28. The number of ether oxygens (including phenoxy) is 2. The van der Waals surface area contributed by atoms with Crippen LogP contribution in [0.3, 0.4) is 0 Å². The zero-order chi connectivity index (χ0) is 15.4. The van der Waals surface area contributed by atoms with Gasteiger partial charge in [0, 0.05) is 6.08 Å². The number of hydrogen-bond donors (Lipinski definition) is 0. The van der Waals surface area contributed by atoms with E-state index >= 15 is 0 Å². The number of para-hydroxylation sites is 2. The van der Waals surface area contributed by atoms with Gasteiger partial charge in [-0.1, -0.05) is 18.2 Å². The van der Waals surface area contributed by atoms with Crippen LogP contribution in [-0.2, 0) is 0 Å². The van der Waals surface area contributed by atoms with Crippen LogP contribution >= 0.6 is 0 Å². The summed E-state index contributed by atoms with van der Waals surface area (Å²) in [5.74, 6) is 2.03. The van der Waals surface area contributed by atoms with Crippen molar-refractivity contribution in [3.8, 4) is 11.5 Å². The van der Waals surface area contributed by atoms with E-state index in [-0.39, 0.29) is 0 Å². The predicted octanol–water partition coefficient (Wildman–Crippen LogP) is 4.41. The predicted molar refractivity (Wildman–Crippen MR) is 87.1 cm³/mol. The molecular weight excluding hydrogens is 278 g/mol. The molecule has 0 N–H and O–H groups in total. The Bertz CT molecular complexity index is 772. The summed E-state index contributed by atoms with van der Waals surface area (Å²) in [5, 5.41) is 0. The molecule has 0 radical (unpaired) electrons. The maximum Gasteiger partial charge on any atom is 0.220 e. The second kappa shape index (κ2) is 6.35. The monoisotopic (exact) mass is 295 g/mol. The average Bonchev–Trinajstić information content (AvgIpc) is 2.97. The number of hydrogen-bond acceptors (Lipinski definition) is 4. The van der Waals surface area contributed by atoms with Gasteiger partial charge in [0.15, 0.2) is 17.1 Å². The molecule has 0 atom stereocenters. The summed E-state index contributed by atoms with van der Waals surface area (Å²) in [5.41, 5.74) is 2.63. The molecule has 0 fully saturated rings. The van der Waals surface area contributed by atoms with E-state index in [1.54, 1.807) is 7.11 Å². The zero-order valence-electron chi connectivity index (χ0n) is 12.6. The van der Waals surface area contributed by atoms with Crippen molar-refractivity contribution >= 4 is 23.3 Å². The number of benzene rings is 2. The van der Waals surface area contributed by atoms with Gasteiger partial charge in [0.25, 0.3) is 0 Å². The van der Waals surface area contributed by atoms with Crippen molar-refractivity contribution in [1.82, 2.24) is 4.98 Å². The van der Waals surface area contributed by atoms with Crippen LogP contribution in [0, 0.1) is 0 Å². The molecule has 1 heterocycles. The van der Waals surface area contributed by atoms with Crippen molar-refractivity contribution in [2.75, 3.05) is 13.7 Å². The lowest BCUT2D eigenvalue weighted by atomic mass is 10.2. The first-order valence-corrected chi connectivity index (χ1v) is 7.14. The highest BCUT2D eigenvalue weighted by Gasteiger charge is 2.05. The third-order valence-corrected chi connectivity index (χ3v) is 3.22. The largest absolute Gasteiger partial charge is 0.493 e. The smallest absolute Gasteiger partial charge is 0.220 e. The second-order valence-corrected chi connectivity index (χ2v) is 4.70. The molecule has 4 heteroatoms. The van der Waals surface area contributed by atoms with Crippen LogP contribution in [0.25, 0.3) is 23.3 Å². The SMILES string of the molecule is CCOc1ccc(/C=C/c2nc3ccccc3o2)cc1OC. The number of nitrogens with zero attached hydrogens (tertiary/aromatic N) is 1. The van der Waals surface area contributed by atoms with Crippen molar-refractivity contribution < 1.29 is 13.9 Å². The summed E-state index contributed by atoms with van der Waals surface area (Å²) in [4.78, 5) is 4.41. The molecule has 0 aliphatic carbocycles. The van der Waals surface area contributed by atoms with E-state index < -0.39 is 0 Å². The fraction of sp³-hybridized carbons (Fsp3) is 0.167. The first-order valence-electron chi connectivity index (χ1n) is 7.14. The molecule has 1 aromatic heterocycles. The molecule has 0 spiro atoms. The number of fused-ring (bicyclic) bond motifs is 1. The number of methoxy groups -OCH3 is 1. The molecule has 2 aromatic carbocycles. The molecule has 3 aromatic rings. The maximum atomic E-state index is 5.65. The van der Waals surface area contributed by atoms with E-state index in [9.17, 15) is 0 Å². The van der Waals surface area contributed by atoms with Gasteiger partial charge in [-0.05, 0) is 42.8 Å². The van der Waals surface area contributed by atoms with Gasteiger partial charge >= 0.3 is 0 Å². The Labute approximate surface area is 129 Å². The number of oxazole rings is 1. The van der Waals surface area contributed by atoms with Crippen molar-refractivity contribution in [3.63, 3.8) is 0 Å². The number of aromatic nitrogens is 1. The minimum absolute atomic E-state index is 0.578. The van der Waals surface area contributed by atoms with Crippen LogP contribution in [0.5, 0.6) is 11.5 Å². The molecular formula is C18H17NO3. The van der Waals surface area contributed by atoms with Gasteiger partial charge in [0.1, 0.15) is 5.52 Å². The molecule has 0 saturated heterocycles. The van der Waals surface area contributed by atoms with Gasteiger partial charge in [-0.15, -0.1) is 0 Å². The van der Waals surface area contributed by atoms with Crippen molar-refractivity contribution in [2.45, 2.75) is 6.92 Å². The van der Waals surface area contributed by atoms with E-state index in [4.69, 9.17) is 13.9 Å². The zero-order valence-corrected chi connectivity index (χ0v) is 12.6.